The highest BCUT2D eigenvalue weighted by molar-refractivity contribution is 5.76. The molecule has 1 aromatic rings. The zero-order valence-electron chi connectivity index (χ0n) is 37.4. The highest BCUT2D eigenvalue weighted by Crippen LogP contribution is 2.24. The van der Waals surface area contributed by atoms with E-state index < -0.39 is 5.92 Å². The van der Waals surface area contributed by atoms with Gasteiger partial charge in [0.1, 0.15) is 31.0 Å². The fourth-order valence-electron chi connectivity index (χ4n) is 6.37. The van der Waals surface area contributed by atoms with Gasteiger partial charge in [0, 0.05) is 43.2 Å². The first-order chi connectivity index (χ1) is 28.7. The summed E-state index contributed by atoms with van der Waals surface area (Å²) in [6.45, 7) is 9.14. The third-order valence-corrected chi connectivity index (χ3v) is 10.2. The second-order valence-electron chi connectivity index (χ2n) is 15.9. The second-order valence-corrected chi connectivity index (χ2v) is 15.9. The van der Waals surface area contributed by atoms with Gasteiger partial charge in [-0.15, -0.1) is 0 Å². The van der Waals surface area contributed by atoms with E-state index in [9.17, 15) is 24.0 Å². The van der Waals surface area contributed by atoms with E-state index in [4.69, 9.17) is 28.4 Å². The lowest BCUT2D eigenvalue weighted by Gasteiger charge is -2.20. The van der Waals surface area contributed by atoms with Crippen LogP contribution >= 0.6 is 0 Å². The number of rotatable bonds is 40. The molecule has 1 atom stereocenters. The van der Waals surface area contributed by atoms with Crippen LogP contribution in [0.25, 0.3) is 0 Å². The van der Waals surface area contributed by atoms with Crippen molar-refractivity contribution in [2.45, 2.75) is 188 Å². The van der Waals surface area contributed by atoms with Crippen LogP contribution in [0.3, 0.4) is 0 Å². The molecule has 0 aliphatic heterocycles. The number of benzene rings is 1. The van der Waals surface area contributed by atoms with Gasteiger partial charge in [-0.1, -0.05) is 130 Å². The first-order valence-electron chi connectivity index (χ1n) is 23.2. The Hall–Kier alpha value is -3.63. The first kappa shape index (κ1) is 53.4. The summed E-state index contributed by atoms with van der Waals surface area (Å²) in [4.78, 5) is 62.0. The summed E-state index contributed by atoms with van der Waals surface area (Å²) >= 11 is 0. The SMILES string of the molecule is CCCCCCCC(=O)OCCC(COC(=O)CCCCCCC)COc1cc(C=O)cc(OCC(COC(=O)CCCCCCC)COC(=O)CCCCCCC)c1. The van der Waals surface area contributed by atoms with Crippen LogP contribution in [0.5, 0.6) is 11.5 Å². The monoisotopic (exact) mass is 833 g/mol. The van der Waals surface area contributed by atoms with Gasteiger partial charge in [0.05, 0.1) is 32.3 Å². The molecule has 338 valence electrons. The molecule has 0 aliphatic rings. The van der Waals surface area contributed by atoms with Crippen molar-refractivity contribution in [2.75, 3.05) is 39.6 Å². The number of carbonyl (C=O) groups excluding carboxylic acids is 5. The Morgan fingerprint density at radius 1 is 0.441 bits per heavy atom. The van der Waals surface area contributed by atoms with Gasteiger partial charge in [0.2, 0.25) is 0 Å². The summed E-state index contributed by atoms with van der Waals surface area (Å²) in [6.07, 6.45) is 23.0. The Kier molecular flexibility index (Phi) is 33.8. The topological polar surface area (TPSA) is 141 Å². The van der Waals surface area contributed by atoms with Gasteiger partial charge in [0.25, 0.3) is 0 Å². The van der Waals surface area contributed by atoms with Crippen molar-refractivity contribution in [2.24, 2.45) is 11.8 Å². The molecule has 1 rings (SSSR count). The summed E-state index contributed by atoms with van der Waals surface area (Å²) in [5.74, 6) is -1.06. The van der Waals surface area contributed by atoms with Crippen LogP contribution < -0.4 is 9.47 Å². The zero-order chi connectivity index (χ0) is 43.2. The molecule has 0 saturated heterocycles. The quantitative estimate of drug-likeness (QED) is 0.0270. The molecular weight excluding hydrogens is 753 g/mol. The van der Waals surface area contributed by atoms with E-state index in [0.29, 0.717) is 55.5 Å². The van der Waals surface area contributed by atoms with Crippen molar-refractivity contribution < 1.29 is 52.4 Å². The fraction of sp³-hybridized carbons (Fsp3) is 0.771. The average molecular weight is 833 g/mol. The zero-order valence-corrected chi connectivity index (χ0v) is 37.4. The summed E-state index contributed by atoms with van der Waals surface area (Å²) < 4.78 is 34.6. The molecule has 0 bridgehead atoms. The molecule has 0 N–H and O–H groups in total. The summed E-state index contributed by atoms with van der Waals surface area (Å²) in [5, 5.41) is 0. The first-order valence-corrected chi connectivity index (χ1v) is 23.2. The lowest BCUT2D eigenvalue weighted by Crippen LogP contribution is -2.26. The van der Waals surface area contributed by atoms with Crippen molar-refractivity contribution in [1.29, 1.82) is 0 Å². The fourth-order valence-corrected chi connectivity index (χ4v) is 6.37. The molecule has 1 unspecified atom stereocenters. The number of carbonyl (C=O) groups is 5. The summed E-state index contributed by atoms with van der Waals surface area (Å²) in [6, 6.07) is 4.84. The third kappa shape index (κ3) is 31.0. The van der Waals surface area contributed by atoms with E-state index in [2.05, 4.69) is 27.7 Å². The van der Waals surface area contributed by atoms with E-state index in [-0.39, 0.29) is 69.4 Å². The normalized spacial score (nSPS) is 11.5. The molecular formula is C48H80O11. The van der Waals surface area contributed by atoms with Crippen LogP contribution in [0.15, 0.2) is 18.2 Å². The standard InChI is InChI=1S/C48H80O11/c1-5-9-13-17-21-25-45(50)54-30-29-40(36-57-46(51)26-22-18-14-10-6-2)35-55-43-31-41(34-49)32-44(33-43)56-37-42(38-58-47(52)27-23-19-15-11-7-3)39-59-48(53)28-24-20-16-12-8-4/h31-34,40,42H,5-30,35-39H2,1-4H3. The van der Waals surface area contributed by atoms with Gasteiger partial charge < -0.3 is 28.4 Å². The van der Waals surface area contributed by atoms with E-state index in [1.807, 2.05) is 0 Å². The lowest BCUT2D eigenvalue weighted by atomic mass is 10.1. The molecule has 11 heteroatoms. The molecule has 0 radical (unpaired) electrons. The largest absolute Gasteiger partial charge is 0.493 e. The maximum absolute atomic E-state index is 12.6. The molecule has 0 saturated carbocycles. The Bertz CT molecular complexity index is 1220. The molecule has 0 aromatic heterocycles. The number of unbranched alkanes of at least 4 members (excludes halogenated alkanes) is 16. The Morgan fingerprint density at radius 2 is 0.780 bits per heavy atom. The van der Waals surface area contributed by atoms with Crippen LogP contribution in [0, 0.1) is 11.8 Å². The third-order valence-electron chi connectivity index (χ3n) is 10.2. The molecule has 0 aliphatic carbocycles. The molecule has 59 heavy (non-hydrogen) atoms. The minimum absolute atomic E-state index is 0.0247. The van der Waals surface area contributed by atoms with Crippen LogP contribution in [-0.4, -0.2) is 69.8 Å². The summed E-state index contributed by atoms with van der Waals surface area (Å²) in [5.41, 5.74) is 0.331. The van der Waals surface area contributed by atoms with Crippen LogP contribution in [0.1, 0.15) is 199 Å². The molecule has 0 spiro atoms. The van der Waals surface area contributed by atoms with Gasteiger partial charge in [-0.3, -0.25) is 24.0 Å². The van der Waals surface area contributed by atoms with Crippen molar-refractivity contribution >= 4 is 30.2 Å². The second kappa shape index (κ2) is 37.4. The number of hydrogen-bond donors (Lipinski definition) is 0. The van der Waals surface area contributed by atoms with Gasteiger partial charge >= 0.3 is 23.9 Å². The highest BCUT2D eigenvalue weighted by atomic mass is 16.6. The number of ether oxygens (including phenoxy) is 6. The number of esters is 4. The van der Waals surface area contributed by atoms with Gasteiger partial charge in [-0.2, -0.15) is 0 Å². The molecule has 0 heterocycles. The summed E-state index contributed by atoms with van der Waals surface area (Å²) in [7, 11) is 0. The van der Waals surface area contributed by atoms with Crippen LogP contribution in [-0.2, 0) is 38.1 Å². The Labute approximate surface area is 356 Å². The van der Waals surface area contributed by atoms with Gasteiger partial charge in [-0.25, -0.2) is 0 Å². The van der Waals surface area contributed by atoms with E-state index >= 15 is 0 Å². The molecule has 0 amide bonds. The smallest absolute Gasteiger partial charge is 0.305 e. The maximum Gasteiger partial charge on any atom is 0.305 e. The van der Waals surface area contributed by atoms with E-state index in [1.165, 1.54) is 0 Å². The van der Waals surface area contributed by atoms with Crippen molar-refractivity contribution in [3.8, 4) is 11.5 Å². The predicted octanol–water partition coefficient (Wildman–Crippen LogP) is 11.5. The van der Waals surface area contributed by atoms with Crippen LogP contribution in [0.4, 0.5) is 0 Å². The van der Waals surface area contributed by atoms with Gasteiger partial charge in [-0.05, 0) is 44.2 Å². The van der Waals surface area contributed by atoms with E-state index in [0.717, 1.165) is 128 Å². The Balaban J connectivity index is 2.92. The molecule has 0 fully saturated rings. The molecule has 11 nitrogen and oxygen atoms in total. The minimum atomic E-state index is -0.433. The maximum atomic E-state index is 12.6. The van der Waals surface area contributed by atoms with Crippen molar-refractivity contribution in [1.82, 2.24) is 0 Å². The molecule has 1 aromatic carbocycles. The predicted molar refractivity (Wildman–Crippen MR) is 232 cm³/mol. The average Bonchev–Trinajstić information content (AvgIpc) is 3.23. The Morgan fingerprint density at radius 3 is 1.15 bits per heavy atom. The minimum Gasteiger partial charge on any atom is -0.493 e. The highest BCUT2D eigenvalue weighted by Gasteiger charge is 2.19. The van der Waals surface area contributed by atoms with Crippen molar-refractivity contribution in [3.05, 3.63) is 23.8 Å². The number of aldehydes is 1. The van der Waals surface area contributed by atoms with Gasteiger partial charge in [0.15, 0.2) is 0 Å². The lowest BCUT2D eigenvalue weighted by molar-refractivity contribution is -0.150. The van der Waals surface area contributed by atoms with Crippen molar-refractivity contribution in [3.63, 3.8) is 0 Å². The van der Waals surface area contributed by atoms with E-state index in [1.54, 1.807) is 18.2 Å². The number of hydrogen-bond acceptors (Lipinski definition) is 11. The van der Waals surface area contributed by atoms with Crippen LogP contribution in [0.2, 0.25) is 0 Å².